The lowest BCUT2D eigenvalue weighted by Crippen LogP contribution is -2.50. The summed E-state index contributed by atoms with van der Waals surface area (Å²) < 4.78 is 0. The summed E-state index contributed by atoms with van der Waals surface area (Å²) in [7, 11) is 0. The highest BCUT2D eigenvalue weighted by Gasteiger charge is 2.40. The van der Waals surface area contributed by atoms with Crippen molar-refractivity contribution < 1.29 is 4.79 Å². The molecule has 4 rings (SSSR count). The minimum Gasteiger partial charge on any atom is -0.335 e. The number of carbonyl (C=O) groups is 1. The van der Waals surface area contributed by atoms with Crippen molar-refractivity contribution in [3.63, 3.8) is 0 Å². The summed E-state index contributed by atoms with van der Waals surface area (Å²) >= 11 is 5.88. The number of rotatable bonds is 4. The van der Waals surface area contributed by atoms with E-state index in [1.165, 1.54) is 18.4 Å². The number of benzene rings is 2. The zero-order chi connectivity index (χ0) is 17.9. The van der Waals surface area contributed by atoms with Crippen LogP contribution < -0.4 is 10.6 Å². The molecule has 2 atom stereocenters. The molecule has 2 aromatic rings. The van der Waals surface area contributed by atoms with Gasteiger partial charge in [-0.25, -0.2) is 4.79 Å². The third-order valence-corrected chi connectivity index (χ3v) is 5.78. The lowest BCUT2D eigenvalue weighted by atomic mass is 9.96. The van der Waals surface area contributed by atoms with Gasteiger partial charge in [-0.05, 0) is 55.5 Å². The third kappa shape index (κ3) is 4.02. The molecule has 5 heteroatoms. The minimum absolute atomic E-state index is 0.131. The number of hydrogen-bond donors (Lipinski definition) is 2. The van der Waals surface area contributed by atoms with Gasteiger partial charge in [0.25, 0.3) is 0 Å². The Hall–Kier alpha value is -2.04. The van der Waals surface area contributed by atoms with E-state index in [0.29, 0.717) is 17.1 Å². The van der Waals surface area contributed by atoms with Crippen molar-refractivity contribution in [2.24, 2.45) is 0 Å². The van der Waals surface area contributed by atoms with Crippen LogP contribution in [0, 0.1) is 0 Å². The number of carbonyl (C=O) groups excluding carboxylic acids is 1. The standard InChI is InChI=1S/C21H24ClN3O/c22-16-6-8-17(9-7-16)23-21(26)24-18-12-19-10-11-20(13-18)25(19)14-15-4-2-1-3-5-15/h1-9,18-20H,10-14H2,(H2,23,24,26)/t19-,20-/m1/s1. The van der Waals surface area contributed by atoms with Gasteiger partial charge in [0, 0.05) is 35.4 Å². The van der Waals surface area contributed by atoms with Crippen LogP contribution >= 0.6 is 11.6 Å². The Balaban J connectivity index is 1.32. The SMILES string of the molecule is O=C(Nc1ccc(Cl)cc1)NC1C[C@H]2CC[C@H](C1)N2Cc1ccccc1. The molecule has 26 heavy (non-hydrogen) atoms. The van der Waals surface area contributed by atoms with Gasteiger partial charge < -0.3 is 10.6 Å². The van der Waals surface area contributed by atoms with Gasteiger partial charge in [0.1, 0.15) is 0 Å². The summed E-state index contributed by atoms with van der Waals surface area (Å²) in [5, 5.41) is 6.72. The van der Waals surface area contributed by atoms with Crippen LogP contribution in [0.4, 0.5) is 10.5 Å². The molecule has 2 heterocycles. The van der Waals surface area contributed by atoms with E-state index in [9.17, 15) is 4.79 Å². The van der Waals surface area contributed by atoms with E-state index in [4.69, 9.17) is 11.6 Å². The van der Waals surface area contributed by atoms with Crippen molar-refractivity contribution in [1.29, 1.82) is 0 Å². The number of anilines is 1. The van der Waals surface area contributed by atoms with Crippen LogP contribution in [0.15, 0.2) is 54.6 Å². The molecule has 0 radical (unpaired) electrons. The van der Waals surface area contributed by atoms with E-state index in [2.05, 4.69) is 45.9 Å². The average Bonchev–Trinajstić information content (AvgIpc) is 2.87. The summed E-state index contributed by atoms with van der Waals surface area (Å²) in [6.45, 7) is 1.01. The fourth-order valence-corrected chi connectivity index (χ4v) is 4.46. The van der Waals surface area contributed by atoms with Crippen LogP contribution in [0.25, 0.3) is 0 Å². The number of halogens is 1. The molecule has 2 aromatic carbocycles. The summed E-state index contributed by atoms with van der Waals surface area (Å²) in [4.78, 5) is 14.9. The van der Waals surface area contributed by atoms with Crippen molar-refractivity contribution in [2.45, 2.75) is 50.4 Å². The summed E-state index contributed by atoms with van der Waals surface area (Å²) in [5.74, 6) is 0. The molecule has 0 saturated carbocycles. The normalized spacial score (nSPS) is 25.0. The monoisotopic (exact) mass is 369 g/mol. The van der Waals surface area contributed by atoms with E-state index < -0.39 is 0 Å². The minimum atomic E-state index is -0.131. The molecule has 2 N–H and O–H groups in total. The molecule has 4 nitrogen and oxygen atoms in total. The Morgan fingerprint density at radius 2 is 1.65 bits per heavy atom. The van der Waals surface area contributed by atoms with Crippen LogP contribution in [-0.2, 0) is 6.54 Å². The van der Waals surface area contributed by atoms with E-state index in [1.54, 1.807) is 12.1 Å². The fraction of sp³-hybridized carbons (Fsp3) is 0.381. The molecule has 2 bridgehead atoms. The van der Waals surface area contributed by atoms with Crippen LogP contribution in [0.1, 0.15) is 31.2 Å². The Morgan fingerprint density at radius 3 is 2.31 bits per heavy atom. The number of amides is 2. The molecular formula is C21H24ClN3O. The average molecular weight is 370 g/mol. The highest BCUT2D eigenvalue weighted by atomic mass is 35.5. The maximum atomic E-state index is 12.3. The molecule has 136 valence electrons. The summed E-state index contributed by atoms with van der Waals surface area (Å²) in [5.41, 5.74) is 2.13. The van der Waals surface area contributed by atoms with Crippen molar-refractivity contribution in [3.05, 3.63) is 65.2 Å². The maximum absolute atomic E-state index is 12.3. The molecular weight excluding hydrogens is 346 g/mol. The van der Waals surface area contributed by atoms with E-state index in [0.717, 1.165) is 25.1 Å². The van der Waals surface area contributed by atoms with E-state index in [1.807, 2.05) is 12.1 Å². The summed E-state index contributed by atoms with van der Waals surface area (Å²) in [6.07, 6.45) is 4.51. The number of nitrogens with one attached hydrogen (secondary N) is 2. The molecule has 2 aliphatic heterocycles. The Bertz CT molecular complexity index is 736. The maximum Gasteiger partial charge on any atom is 0.319 e. The van der Waals surface area contributed by atoms with E-state index in [-0.39, 0.29) is 12.1 Å². The van der Waals surface area contributed by atoms with Crippen molar-refractivity contribution in [2.75, 3.05) is 5.32 Å². The van der Waals surface area contributed by atoms with Crippen molar-refractivity contribution >= 4 is 23.3 Å². The molecule has 2 aliphatic rings. The zero-order valence-electron chi connectivity index (χ0n) is 14.7. The van der Waals surface area contributed by atoms with Gasteiger partial charge in [0.15, 0.2) is 0 Å². The van der Waals surface area contributed by atoms with Gasteiger partial charge in [-0.2, -0.15) is 0 Å². The molecule has 0 spiro atoms. The van der Waals surface area contributed by atoms with Gasteiger partial charge in [0.2, 0.25) is 0 Å². The Labute approximate surface area is 159 Å². The highest BCUT2D eigenvalue weighted by Crippen LogP contribution is 2.36. The Morgan fingerprint density at radius 1 is 1.00 bits per heavy atom. The number of urea groups is 1. The van der Waals surface area contributed by atoms with Gasteiger partial charge >= 0.3 is 6.03 Å². The topological polar surface area (TPSA) is 44.4 Å². The van der Waals surface area contributed by atoms with Crippen LogP contribution in [0.2, 0.25) is 5.02 Å². The van der Waals surface area contributed by atoms with Gasteiger partial charge in [0.05, 0.1) is 0 Å². The molecule has 2 fully saturated rings. The first kappa shape index (κ1) is 17.4. The van der Waals surface area contributed by atoms with E-state index >= 15 is 0 Å². The number of piperidine rings is 1. The number of hydrogen-bond acceptors (Lipinski definition) is 2. The highest BCUT2D eigenvalue weighted by molar-refractivity contribution is 6.30. The van der Waals surface area contributed by atoms with Gasteiger partial charge in [-0.1, -0.05) is 41.9 Å². The molecule has 2 amide bonds. The fourth-order valence-electron chi connectivity index (χ4n) is 4.33. The smallest absolute Gasteiger partial charge is 0.319 e. The molecule has 0 aromatic heterocycles. The first-order valence-electron chi connectivity index (χ1n) is 9.30. The Kier molecular flexibility index (Phi) is 5.14. The second-order valence-electron chi connectivity index (χ2n) is 7.32. The zero-order valence-corrected chi connectivity index (χ0v) is 15.5. The predicted molar refractivity (Wildman–Crippen MR) is 105 cm³/mol. The first-order chi connectivity index (χ1) is 12.7. The second kappa shape index (κ2) is 7.68. The third-order valence-electron chi connectivity index (χ3n) is 5.53. The number of fused-ring (bicyclic) bond motifs is 2. The first-order valence-corrected chi connectivity index (χ1v) is 9.68. The molecule has 0 unspecified atom stereocenters. The molecule has 2 saturated heterocycles. The van der Waals surface area contributed by atoms with Gasteiger partial charge in [-0.15, -0.1) is 0 Å². The largest absolute Gasteiger partial charge is 0.335 e. The quantitative estimate of drug-likeness (QED) is 0.823. The lowest BCUT2D eigenvalue weighted by Gasteiger charge is -2.39. The second-order valence-corrected chi connectivity index (χ2v) is 7.75. The molecule has 0 aliphatic carbocycles. The van der Waals surface area contributed by atoms with Crippen LogP contribution in [-0.4, -0.2) is 29.1 Å². The van der Waals surface area contributed by atoms with Crippen molar-refractivity contribution in [3.8, 4) is 0 Å². The number of nitrogens with zero attached hydrogens (tertiary/aromatic N) is 1. The van der Waals surface area contributed by atoms with Crippen LogP contribution in [0.3, 0.4) is 0 Å². The lowest BCUT2D eigenvalue weighted by molar-refractivity contribution is 0.112. The summed E-state index contributed by atoms with van der Waals surface area (Å²) in [6, 6.07) is 19.1. The van der Waals surface area contributed by atoms with Crippen LogP contribution in [0.5, 0.6) is 0 Å². The van der Waals surface area contributed by atoms with Gasteiger partial charge in [-0.3, -0.25) is 4.90 Å². The predicted octanol–water partition coefficient (Wildman–Crippen LogP) is 4.66. The van der Waals surface area contributed by atoms with Crippen molar-refractivity contribution in [1.82, 2.24) is 10.2 Å².